The number of carbonyl (C=O) groups is 1. The normalized spacial score (nSPS) is 26.3. The molecule has 0 radical (unpaired) electrons. The number of carbonyl (C=O) groups excluding carboxylic acids is 1. The first-order chi connectivity index (χ1) is 16.3. The van der Waals surface area contributed by atoms with Gasteiger partial charge in [-0.05, 0) is 24.8 Å². The molecule has 0 aliphatic carbocycles. The summed E-state index contributed by atoms with van der Waals surface area (Å²) in [6.45, 7) is 5.57. The van der Waals surface area contributed by atoms with Gasteiger partial charge in [0.1, 0.15) is 18.3 Å². The fourth-order valence-electron chi connectivity index (χ4n) is 5.15. The van der Waals surface area contributed by atoms with Gasteiger partial charge in [-0.1, -0.05) is 25.1 Å². The van der Waals surface area contributed by atoms with Crippen LogP contribution in [-0.2, 0) is 11.3 Å². The van der Waals surface area contributed by atoms with Crippen molar-refractivity contribution in [3.8, 4) is 5.75 Å². The summed E-state index contributed by atoms with van der Waals surface area (Å²) in [6.07, 6.45) is -0.942. The molecule has 5 rings (SSSR count). The summed E-state index contributed by atoms with van der Waals surface area (Å²) in [5.41, 5.74) is 0.471. The first-order valence-corrected chi connectivity index (χ1v) is 11.6. The van der Waals surface area contributed by atoms with Crippen LogP contribution >= 0.6 is 0 Å². The van der Waals surface area contributed by atoms with Crippen LogP contribution in [0.1, 0.15) is 25.3 Å². The van der Waals surface area contributed by atoms with Crippen molar-refractivity contribution in [2.24, 2.45) is 16.8 Å². The van der Waals surface area contributed by atoms with Gasteiger partial charge >= 0.3 is 12.4 Å². The molecule has 4 aliphatic rings. The van der Waals surface area contributed by atoms with Crippen molar-refractivity contribution in [3.05, 3.63) is 41.8 Å². The summed E-state index contributed by atoms with van der Waals surface area (Å²) in [6, 6.07) is 6.34. The molecule has 2 fully saturated rings. The number of aliphatic imine (C=N–C) groups is 1. The average Bonchev–Trinajstić information content (AvgIpc) is 3.38. The lowest BCUT2D eigenvalue weighted by Gasteiger charge is -2.32. The quantitative estimate of drug-likeness (QED) is 0.702. The third kappa shape index (κ3) is 4.85. The third-order valence-electron chi connectivity index (χ3n) is 6.87. The van der Waals surface area contributed by atoms with Crippen molar-refractivity contribution < 1.29 is 27.4 Å². The molecule has 8 nitrogen and oxygen atoms in total. The van der Waals surface area contributed by atoms with Crippen LogP contribution in [0.4, 0.5) is 18.0 Å². The monoisotopic (exact) mass is 479 g/mol. The number of halogens is 3. The van der Waals surface area contributed by atoms with Crippen molar-refractivity contribution in [3.63, 3.8) is 0 Å². The average molecular weight is 480 g/mol. The van der Waals surface area contributed by atoms with Crippen LogP contribution in [0.2, 0.25) is 0 Å². The minimum atomic E-state index is -4.74. The Morgan fingerprint density at radius 2 is 1.97 bits per heavy atom. The van der Waals surface area contributed by atoms with Gasteiger partial charge in [0.05, 0.1) is 0 Å². The van der Waals surface area contributed by atoms with Crippen LogP contribution in [-0.4, -0.2) is 71.9 Å². The third-order valence-corrected chi connectivity index (χ3v) is 6.87. The number of para-hydroxylation sites is 1. The highest BCUT2D eigenvalue weighted by molar-refractivity contribution is 6.02. The molecule has 0 spiro atoms. The molecule has 0 aromatic heterocycles. The number of ether oxygens (including phenoxy) is 2. The summed E-state index contributed by atoms with van der Waals surface area (Å²) < 4.78 is 48.0. The maximum absolute atomic E-state index is 12.8. The zero-order valence-electron chi connectivity index (χ0n) is 18.9. The molecule has 1 aromatic carbocycles. The van der Waals surface area contributed by atoms with E-state index in [1.54, 1.807) is 17.0 Å². The molecule has 11 heteroatoms. The summed E-state index contributed by atoms with van der Waals surface area (Å²) >= 11 is 0. The molecule has 4 aliphatic heterocycles. The number of hydrogen-bond donors (Lipinski definition) is 1. The predicted molar refractivity (Wildman–Crippen MR) is 117 cm³/mol. The van der Waals surface area contributed by atoms with Gasteiger partial charge < -0.3 is 14.4 Å². The number of hydrogen-bond acceptors (Lipinski definition) is 6. The standard InChI is InChI=1S/C23H28F3N5O3/c1-15-10-29(11-16-4-2-3-5-19(16)34-23(24,25)26)12-18(15)21-27-20-13-30(14-31(20)22(32)28-21)17-6-8-33-9-7-17/h2-5,13,15,17-18H,6-12,14H2,1H3,(H,27,28,32). The largest absolute Gasteiger partial charge is 0.573 e. The highest BCUT2D eigenvalue weighted by Gasteiger charge is 2.40. The van der Waals surface area contributed by atoms with E-state index in [2.05, 4.69) is 26.8 Å². The fourth-order valence-corrected chi connectivity index (χ4v) is 5.15. The summed E-state index contributed by atoms with van der Waals surface area (Å²) in [4.78, 5) is 23.5. The first-order valence-electron chi connectivity index (χ1n) is 11.6. The van der Waals surface area contributed by atoms with Crippen molar-refractivity contribution in [2.75, 3.05) is 33.0 Å². The number of rotatable bonds is 5. The molecule has 2 atom stereocenters. The number of amides is 2. The number of amidine groups is 1. The summed E-state index contributed by atoms with van der Waals surface area (Å²) in [7, 11) is 0. The van der Waals surface area contributed by atoms with Crippen LogP contribution < -0.4 is 10.1 Å². The molecule has 184 valence electrons. The summed E-state index contributed by atoms with van der Waals surface area (Å²) in [5, 5.41) is 2.96. The van der Waals surface area contributed by atoms with Gasteiger partial charge in [-0.25, -0.2) is 9.79 Å². The van der Waals surface area contributed by atoms with E-state index >= 15 is 0 Å². The topological polar surface area (TPSA) is 69.6 Å². The molecule has 1 aromatic rings. The number of urea groups is 1. The van der Waals surface area contributed by atoms with Crippen LogP contribution in [0.15, 0.2) is 41.3 Å². The zero-order valence-corrected chi connectivity index (χ0v) is 18.9. The van der Waals surface area contributed by atoms with E-state index in [0.29, 0.717) is 49.6 Å². The SMILES string of the molecule is CC1CN(Cc2ccccc2OC(F)(F)F)CC1C1=NC2=CN(C3CCOCC3)CN2C(=O)N1. The molecule has 2 saturated heterocycles. The Kier molecular flexibility index (Phi) is 6.15. The molecule has 2 amide bonds. The second-order valence-corrected chi connectivity index (χ2v) is 9.28. The van der Waals surface area contributed by atoms with Gasteiger partial charge in [-0.15, -0.1) is 13.2 Å². The molecule has 34 heavy (non-hydrogen) atoms. The Morgan fingerprint density at radius 1 is 1.21 bits per heavy atom. The second kappa shape index (κ2) is 9.10. The lowest BCUT2D eigenvalue weighted by molar-refractivity contribution is -0.275. The Hall–Kier alpha value is -2.79. The van der Waals surface area contributed by atoms with Gasteiger partial charge in [0, 0.05) is 56.6 Å². The van der Waals surface area contributed by atoms with Crippen molar-refractivity contribution in [2.45, 2.75) is 38.7 Å². The van der Waals surface area contributed by atoms with Gasteiger partial charge in [-0.3, -0.25) is 15.1 Å². The van der Waals surface area contributed by atoms with E-state index in [1.165, 1.54) is 12.1 Å². The van der Waals surface area contributed by atoms with Gasteiger partial charge in [-0.2, -0.15) is 0 Å². The van der Waals surface area contributed by atoms with Crippen LogP contribution in [0.3, 0.4) is 0 Å². The lowest BCUT2D eigenvalue weighted by Crippen LogP contribution is -2.50. The number of nitrogens with zero attached hydrogens (tertiary/aromatic N) is 4. The molecule has 0 saturated carbocycles. The highest BCUT2D eigenvalue weighted by Crippen LogP contribution is 2.32. The number of benzene rings is 1. The molecule has 2 unspecified atom stereocenters. The lowest BCUT2D eigenvalue weighted by atomic mass is 9.96. The van der Waals surface area contributed by atoms with E-state index < -0.39 is 6.36 Å². The van der Waals surface area contributed by atoms with Crippen LogP contribution in [0.25, 0.3) is 0 Å². The Balaban J connectivity index is 1.28. The predicted octanol–water partition coefficient (Wildman–Crippen LogP) is 3.33. The van der Waals surface area contributed by atoms with Crippen molar-refractivity contribution in [1.82, 2.24) is 20.0 Å². The van der Waals surface area contributed by atoms with Crippen LogP contribution in [0, 0.1) is 11.8 Å². The maximum atomic E-state index is 12.8. The minimum absolute atomic E-state index is 0.0279. The smallest absolute Gasteiger partial charge is 0.405 e. The Morgan fingerprint density at radius 3 is 2.74 bits per heavy atom. The number of fused-ring (bicyclic) bond motifs is 1. The molecule has 0 bridgehead atoms. The zero-order chi connectivity index (χ0) is 23.9. The molecular weight excluding hydrogens is 451 g/mol. The molecule has 1 N–H and O–H groups in total. The number of alkyl halides is 3. The van der Waals surface area contributed by atoms with E-state index in [4.69, 9.17) is 9.73 Å². The number of nitrogens with one attached hydrogen (secondary N) is 1. The minimum Gasteiger partial charge on any atom is -0.405 e. The first kappa shape index (κ1) is 23.0. The van der Waals surface area contributed by atoms with E-state index in [-0.39, 0.29) is 23.6 Å². The highest BCUT2D eigenvalue weighted by atomic mass is 19.4. The number of likely N-dealkylation sites (tertiary alicyclic amines) is 1. The van der Waals surface area contributed by atoms with Crippen LogP contribution in [0.5, 0.6) is 5.75 Å². The van der Waals surface area contributed by atoms with E-state index in [1.807, 2.05) is 6.20 Å². The summed E-state index contributed by atoms with van der Waals surface area (Å²) in [5.74, 6) is 1.22. The molecule has 4 heterocycles. The van der Waals surface area contributed by atoms with E-state index in [0.717, 1.165) is 26.1 Å². The van der Waals surface area contributed by atoms with Crippen molar-refractivity contribution in [1.29, 1.82) is 0 Å². The van der Waals surface area contributed by atoms with Gasteiger partial charge in [0.2, 0.25) is 0 Å². The second-order valence-electron chi connectivity index (χ2n) is 9.28. The van der Waals surface area contributed by atoms with Gasteiger partial charge in [0.15, 0.2) is 5.82 Å². The maximum Gasteiger partial charge on any atom is 0.573 e. The van der Waals surface area contributed by atoms with Crippen molar-refractivity contribution >= 4 is 11.9 Å². The van der Waals surface area contributed by atoms with Gasteiger partial charge in [0.25, 0.3) is 0 Å². The Labute approximate surface area is 196 Å². The fraction of sp³-hybridized carbons (Fsp3) is 0.565. The van der Waals surface area contributed by atoms with E-state index in [9.17, 15) is 18.0 Å². The Bertz CT molecular complexity index is 992. The molecular formula is C23H28F3N5O3.